The van der Waals surface area contributed by atoms with Crippen molar-refractivity contribution < 1.29 is 5.11 Å². The monoisotopic (exact) mass is 500 g/mol. The number of hydrogen-bond donors (Lipinski definition) is 2. The van der Waals surface area contributed by atoms with Crippen LogP contribution in [0.15, 0.2) is 91.3 Å². The lowest BCUT2D eigenvalue weighted by Crippen LogP contribution is -2.40. The van der Waals surface area contributed by atoms with E-state index in [0.717, 1.165) is 51.6 Å². The molecule has 7 rings (SSSR count). The SMILES string of the molecule is C[C@]1(O)C[C@@H](c2nc(-c3ccc4c(c3)nc(-c3ccccc3)n4Cc3ccccc3)c3c(N)nccn32)C1. The number of nitrogen functional groups attached to an aromatic ring is 1. The zero-order valence-electron chi connectivity index (χ0n) is 21.1. The molecule has 0 spiro atoms. The number of hydrogen-bond acceptors (Lipinski definition) is 5. The first-order chi connectivity index (χ1) is 18.5. The molecule has 0 atom stereocenters. The normalized spacial score (nSPS) is 19.2. The number of aromatic nitrogens is 5. The predicted molar refractivity (Wildman–Crippen MR) is 150 cm³/mol. The van der Waals surface area contributed by atoms with Crippen LogP contribution in [-0.2, 0) is 6.54 Å². The third-order valence-electron chi connectivity index (χ3n) is 7.58. The molecule has 3 heterocycles. The van der Waals surface area contributed by atoms with Gasteiger partial charge in [-0.3, -0.25) is 4.40 Å². The van der Waals surface area contributed by atoms with E-state index in [9.17, 15) is 5.11 Å². The highest BCUT2D eigenvalue weighted by atomic mass is 16.3. The van der Waals surface area contributed by atoms with Crippen molar-refractivity contribution in [1.29, 1.82) is 0 Å². The van der Waals surface area contributed by atoms with E-state index < -0.39 is 5.60 Å². The van der Waals surface area contributed by atoms with Gasteiger partial charge in [0.05, 0.1) is 16.6 Å². The Morgan fingerprint density at radius 1 is 0.947 bits per heavy atom. The first-order valence-electron chi connectivity index (χ1n) is 12.9. The van der Waals surface area contributed by atoms with Gasteiger partial charge >= 0.3 is 0 Å². The van der Waals surface area contributed by atoms with Crippen molar-refractivity contribution in [2.45, 2.75) is 37.8 Å². The molecule has 0 aliphatic heterocycles. The van der Waals surface area contributed by atoms with E-state index in [4.69, 9.17) is 15.7 Å². The maximum absolute atomic E-state index is 10.4. The summed E-state index contributed by atoms with van der Waals surface area (Å²) in [6.07, 6.45) is 4.97. The van der Waals surface area contributed by atoms with Crippen molar-refractivity contribution in [3.05, 3.63) is 103 Å². The average Bonchev–Trinajstić information content (AvgIpc) is 3.48. The summed E-state index contributed by atoms with van der Waals surface area (Å²) < 4.78 is 4.30. The van der Waals surface area contributed by atoms with Gasteiger partial charge in [-0.05, 0) is 37.5 Å². The molecule has 1 aliphatic rings. The van der Waals surface area contributed by atoms with Crippen LogP contribution in [0.4, 0.5) is 5.82 Å². The van der Waals surface area contributed by atoms with Gasteiger partial charge in [0, 0.05) is 36.0 Å². The fourth-order valence-corrected chi connectivity index (χ4v) is 5.77. The lowest BCUT2D eigenvalue weighted by Gasteiger charge is -2.40. The Balaban J connectivity index is 1.39. The fraction of sp³-hybridized carbons (Fsp3) is 0.194. The highest BCUT2D eigenvalue weighted by Gasteiger charge is 2.41. The Labute approximate surface area is 220 Å². The minimum atomic E-state index is -0.645. The van der Waals surface area contributed by atoms with Gasteiger partial charge in [0.15, 0.2) is 0 Å². The quantitative estimate of drug-likeness (QED) is 0.318. The molecule has 0 amide bonds. The van der Waals surface area contributed by atoms with Crippen molar-refractivity contribution >= 4 is 22.4 Å². The summed E-state index contributed by atoms with van der Waals surface area (Å²) in [5, 5.41) is 10.4. The van der Waals surface area contributed by atoms with Gasteiger partial charge in [0.25, 0.3) is 0 Å². The maximum Gasteiger partial charge on any atom is 0.150 e. The van der Waals surface area contributed by atoms with Crippen molar-refractivity contribution in [2.24, 2.45) is 0 Å². The number of aliphatic hydroxyl groups is 1. The topological polar surface area (TPSA) is 94.3 Å². The molecular weight excluding hydrogens is 472 g/mol. The number of anilines is 1. The summed E-state index contributed by atoms with van der Waals surface area (Å²) in [5.41, 5.74) is 12.5. The van der Waals surface area contributed by atoms with Gasteiger partial charge in [0.2, 0.25) is 0 Å². The van der Waals surface area contributed by atoms with Crippen molar-refractivity contribution in [1.82, 2.24) is 23.9 Å². The van der Waals surface area contributed by atoms with E-state index >= 15 is 0 Å². The van der Waals surface area contributed by atoms with E-state index in [0.29, 0.717) is 18.7 Å². The van der Waals surface area contributed by atoms with Crippen LogP contribution < -0.4 is 5.73 Å². The molecule has 3 aromatic heterocycles. The third kappa shape index (κ3) is 3.74. The molecular formula is C31H28N6O. The minimum Gasteiger partial charge on any atom is -0.390 e. The number of nitrogens with two attached hydrogens (primary N) is 1. The molecule has 1 aliphatic carbocycles. The van der Waals surface area contributed by atoms with Crippen LogP contribution in [0, 0.1) is 0 Å². The second-order valence-corrected chi connectivity index (χ2v) is 10.5. The van der Waals surface area contributed by atoms with Gasteiger partial charge < -0.3 is 15.4 Å². The van der Waals surface area contributed by atoms with Gasteiger partial charge in [-0.25, -0.2) is 15.0 Å². The number of nitrogens with zero attached hydrogens (tertiary/aromatic N) is 5. The zero-order valence-corrected chi connectivity index (χ0v) is 21.1. The van der Waals surface area contributed by atoms with E-state index in [2.05, 4.69) is 64.1 Å². The maximum atomic E-state index is 10.4. The highest BCUT2D eigenvalue weighted by molar-refractivity contribution is 5.91. The first-order valence-corrected chi connectivity index (χ1v) is 12.9. The zero-order chi connectivity index (χ0) is 25.9. The third-order valence-corrected chi connectivity index (χ3v) is 7.58. The number of imidazole rings is 2. The first kappa shape index (κ1) is 22.7. The van der Waals surface area contributed by atoms with Crippen molar-refractivity contribution in [3.63, 3.8) is 0 Å². The Bertz CT molecular complexity index is 1780. The number of benzene rings is 3. The van der Waals surface area contributed by atoms with Crippen LogP contribution in [0.2, 0.25) is 0 Å². The summed E-state index contributed by atoms with van der Waals surface area (Å²) in [5.74, 6) is 2.45. The van der Waals surface area contributed by atoms with E-state index in [-0.39, 0.29) is 5.92 Å². The smallest absolute Gasteiger partial charge is 0.150 e. The van der Waals surface area contributed by atoms with Crippen LogP contribution >= 0.6 is 0 Å². The van der Waals surface area contributed by atoms with E-state index in [1.165, 1.54) is 5.56 Å². The van der Waals surface area contributed by atoms with Gasteiger partial charge in [0.1, 0.15) is 28.7 Å². The summed E-state index contributed by atoms with van der Waals surface area (Å²) in [6.45, 7) is 2.59. The Hall–Kier alpha value is -4.49. The Morgan fingerprint density at radius 3 is 2.42 bits per heavy atom. The molecule has 0 saturated heterocycles. The minimum absolute atomic E-state index is 0.173. The number of fused-ring (bicyclic) bond motifs is 2. The average molecular weight is 501 g/mol. The molecule has 0 bridgehead atoms. The van der Waals surface area contributed by atoms with Crippen LogP contribution in [0.3, 0.4) is 0 Å². The lowest BCUT2D eigenvalue weighted by atomic mass is 9.72. The van der Waals surface area contributed by atoms with E-state index in [1.54, 1.807) is 6.20 Å². The molecule has 1 saturated carbocycles. The fourth-order valence-electron chi connectivity index (χ4n) is 5.77. The predicted octanol–water partition coefficient (Wildman–Crippen LogP) is 5.67. The summed E-state index contributed by atoms with van der Waals surface area (Å²) in [4.78, 5) is 14.5. The molecule has 7 heteroatoms. The largest absolute Gasteiger partial charge is 0.390 e. The number of rotatable bonds is 5. The molecule has 3 aromatic carbocycles. The summed E-state index contributed by atoms with van der Waals surface area (Å²) in [7, 11) is 0. The van der Waals surface area contributed by atoms with Crippen LogP contribution in [0.5, 0.6) is 0 Å². The van der Waals surface area contributed by atoms with Gasteiger partial charge in [-0.2, -0.15) is 0 Å². The summed E-state index contributed by atoms with van der Waals surface area (Å²) in [6, 6.07) is 27.1. The van der Waals surface area contributed by atoms with Crippen LogP contribution in [-0.4, -0.2) is 34.6 Å². The lowest BCUT2D eigenvalue weighted by molar-refractivity contribution is -0.0335. The standard InChI is InChI=1S/C31H28N6O/c1-31(38)17-23(18-31)30-35-26(27-28(32)33-14-15-36(27)30)22-12-13-25-24(16-22)34-29(21-10-6-3-7-11-21)37(25)19-20-8-4-2-5-9-20/h2-16,23,38H,17-19H2,1H3,(H2,32,33)/t23-,31+. The van der Waals surface area contributed by atoms with Crippen molar-refractivity contribution in [2.75, 3.05) is 5.73 Å². The second kappa shape index (κ2) is 8.53. The molecule has 188 valence electrons. The van der Waals surface area contributed by atoms with Gasteiger partial charge in [-0.15, -0.1) is 0 Å². The van der Waals surface area contributed by atoms with E-state index in [1.807, 2.05) is 41.8 Å². The molecule has 0 radical (unpaired) electrons. The molecule has 0 unspecified atom stereocenters. The Morgan fingerprint density at radius 2 is 1.68 bits per heavy atom. The van der Waals surface area contributed by atoms with Crippen molar-refractivity contribution in [3.8, 4) is 22.6 Å². The Kier molecular flexibility index (Phi) is 5.09. The van der Waals surface area contributed by atoms with Gasteiger partial charge in [-0.1, -0.05) is 66.7 Å². The molecule has 7 nitrogen and oxygen atoms in total. The second-order valence-electron chi connectivity index (χ2n) is 10.5. The van der Waals surface area contributed by atoms with Crippen LogP contribution in [0.25, 0.3) is 39.2 Å². The molecule has 1 fully saturated rings. The molecule has 3 N–H and O–H groups in total. The van der Waals surface area contributed by atoms with Crippen LogP contribution in [0.1, 0.15) is 37.1 Å². The molecule has 6 aromatic rings. The summed E-state index contributed by atoms with van der Waals surface area (Å²) >= 11 is 0. The highest BCUT2D eigenvalue weighted by Crippen LogP contribution is 2.45. The molecule has 38 heavy (non-hydrogen) atoms.